The van der Waals surface area contributed by atoms with E-state index < -0.39 is 0 Å². The number of hydrogen-bond acceptors (Lipinski definition) is 3. The number of ether oxygens (including phenoxy) is 1. The van der Waals surface area contributed by atoms with Crippen molar-refractivity contribution in [2.24, 2.45) is 5.92 Å². The molecular weight excluding hydrogens is 236 g/mol. The Morgan fingerprint density at radius 1 is 1.29 bits per heavy atom. The van der Waals surface area contributed by atoms with E-state index in [2.05, 4.69) is 30.7 Å². The number of rotatable bonds is 6. The third kappa shape index (κ3) is 4.15. The fourth-order valence-electron chi connectivity index (χ4n) is 1.93. The van der Waals surface area contributed by atoms with Crippen molar-refractivity contribution in [3.05, 3.63) is 18.1 Å². The van der Waals surface area contributed by atoms with Gasteiger partial charge in [-0.25, -0.2) is 9.97 Å². The van der Waals surface area contributed by atoms with Crippen LogP contribution in [0.2, 0.25) is 0 Å². The Kier molecular flexibility index (Phi) is 5.69. The fraction of sp³-hybridized carbons (Fsp3) is 0.692. The van der Waals surface area contributed by atoms with E-state index in [0.29, 0.717) is 18.4 Å². The maximum absolute atomic E-state index is 6.23. The zero-order valence-corrected chi connectivity index (χ0v) is 11.7. The molecule has 0 aromatic carbocycles. The third-order valence-electron chi connectivity index (χ3n) is 2.67. The number of halogens is 1. The molecule has 2 atom stereocenters. The van der Waals surface area contributed by atoms with Crippen molar-refractivity contribution in [2.75, 3.05) is 6.61 Å². The molecule has 0 aliphatic rings. The van der Waals surface area contributed by atoms with Crippen LogP contribution in [-0.4, -0.2) is 22.0 Å². The van der Waals surface area contributed by atoms with Gasteiger partial charge in [0, 0.05) is 17.4 Å². The summed E-state index contributed by atoms with van der Waals surface area (Å²) in [6, 6.07) is 1.90. The van der Waals surface area contributed by atoms with E-state index in [1.165, 1.54) is 0 Å². The van der Waals surface area contributed by atoms with Crippen molar-refractivity contribution in [2.45, 2.75) is 45.4 Å². The SMILES string of the molecule is CCCOc1cc(C(C(C)C)C(C)Cl)ncn1. The van der Waals surface area contributed by atoms with Crippen LogP contribution in [0.1, 0.15) is 45.7 Å². The zero-order valence-electron chi connectivity index (χ0n) is 11.0. The van der Waals surface area contributed by atoms with Gasteiger partial charge in [0.1, 0.15) is 6.33 Å². The summed E-state index contributed by atoms with van der Waals surface area (Å²) in [5.74, 6) is 1.31. The Morgan fingerprint density at radius 3 is 2.53 bits per heavy atom. The number of hydrogen-bond donors (Lipinski definition) is 0. The molecule has 0 spiro atoms. The summed E-state index contributed by atoms with van der Waals surface area (Å²) in [5, 5.41) is 0.0453. The van der Waals surface area contributed by atoms with Gasteiger partial charge in [-0.2, -0.15) is 0 Å². The molecule has 1 rings (SSSR count). The Hall–Kier alpha value is -0.830. The largest absolute Gasteiger partial charge is 0.478 e. The second-order valence-corrected chi connectivity index (χ2v) is 5.27. The van der Waals surface area contributed by atoms with Gasteiger partial charge in [0.2, 0.25) is 5.88 Å². The minimum absolute atomic E-state index is 0.0453. The average molecular weight is 257 g/mol. The van der Waals surface area contributed by atoms with Gasteiger partial charge < -0.3 is 4.74 Å². The van der Waals surface area contributed by atoms with E-state index in [1.807, 2.05) is 13.0 Å². The van der Waals surface area contributed by atoms with Gasteiger partial charge in [-0.05, 0) is 19.3 Å². The predicted molar refractivity (Wildman–Crippen MR) is 70.7 cm³/mol. The lowest BCUT2D eigenvalue weighted by Crippen LogP contribution is -2.17. The summed E-state index contributed by atoms with van der Waals surface area (Å²) in [4.78, 5) is 8.42. The van der Waals surface area contributed by atoms with Crippen LogP contribution < -0.4 is 4.74 Å². The molecule has 0 amide bonds. The molecular formula is C13H21ClN2O. The fourth-order valence-corrected chi connectivity index (χ4v) is 2.35. The van der Waals surface area contributed by atoms with Crippen LogP contribution in [-0.2, 0) is 0 Å². The minimum atomic E-state index is 0.0453. The van der Waals surface area contributed by atoms with Crippen LogP contribution in [0.4, 0.5) is 0 Å². The van der Waals surface area contributed by atoms with E-state index in [0.717, 1.165) is 12.1 Å². The number of aromatic nitrogens is 2. The Bertz CT molecular complexity index is 334. The summed E-state index contributed by atoms with van der Waals surface area (Å²) in [5.41, 5.74) is 0.962. The van der Waals surface area contributed by atoms with Crippen molar-refractivity contribution >= 4 is 11.6 Å². The van der Waals surface area contributed by atoms with Gasteiger partial charge in [0.25, 0.3) is 0 Å². The molecule has 17 heavy (non-hydrogen) atoms. The molecule has 0 aliphatic carbocycles. The highest BCUT2D eigenvalue weighted by atomic mass is 35.5. The second kappa shape index (κ2) is 6.80. The zero-order chi connectivity index (χ0) is 12.8. The molecule has 3 nitrogen and oxygen atoms in total. The highest BCUT2D eigenvalue weighted by Gasteiger charge is 2.23. The summed E-state index contributed by atoms with van der Waals surface area (Å²) in [6.07, 6.45) is 2.52. The first-order valence-electron chi connectivity index (χ1n) is 6.15. The van der Waals surface area contributed by atoms with Crippen LogP contribution in [0, 0.1) is 5.92 Å². The molecule has 0 N–H and O–H groups in total. The van der Waals surface area contributed by atoms with Crippen molar-refractivity contribution in [3.63, 3.8) is 0 Å². The maximum atomic E-state index is 6.23. The smallest absolute Gasteiger partial charge is 0.216 e. The van der Waals surface area contributed by atoms with Gasteiger partial charge in [-0.3, -0.25) is 0 Å². The summed E-state index contributed by atoms with van der Waals surface area (Å²) < 4.78 is 5.51. The molecule has 0 saturated heterocycles. The van der Waals surface area contributed by atoms with E-state index >= 15 is 0 Å². The monoisotopic (exact) mass is 256 g/mol. The van der Waals surface area contributed by atoms with Gasteiger partial charge in [-0.15, -0.1) is 11.6 Å². The summed E-state index contributed by atoms with van der Waals surface area (Å²) >= 11 is 6.23. The van der Waals surface area contributed by atoms with Crippen molar-refractivity contribution in [1.82, 2.24) is 9.97 Å². The molecule has 1 heterocycles. The van der Waals surface area contributed by atoms with E-state index in [9.17, 15) is 0 Å². The van der Waals surface area contributed by atoms with Crippen molar-refractivity contribution < 1.29 is 4.74 Å². The predicted octanol–water partition coefficient (Wildman–Crippen LogP) is 3.63. The van der Waals surface area contributed by atoms with Gasteiger partial charge in [0.05, 0.1) is 12.3 Å². The van der Waals surface area contributed by atoms with E-state index in [1.54, 1.807) is 6.33 Å². The molecule has 0 aliphatic heterocycles. The number of alkyl halides is 1. The first-order chi connectivity index (χ1) is 8.06. The van der Waals surface area contributed by atoms with E-state index in [4.69, 9.17) is 16.3 Å². The highest BCUT2D eigenvalue weighted by Crippen LogP contribution is 2.30. The van der Waals surface area contributed by atoms with Crippen LogP contribution >= 0.6 is 11.6 Å². The van der Waals surface area contributed by atoms with Crippen LogP contribution in [0.25, 0.3) is 0 Å². The van der Waals surface area contributed by atoms with Gasteiger partial charge in [-0.1, -0.05) is 20.8 Å². The molecule has 4 heteroatoms. The molecule has 1 aromatic rings. The molecule has 96 valence electrons. The molecule has 0 saturated carbocycles. The Balaban J connectivity index is 2.88. The quantitative estimate of drug-likeness (QED) is 0.729. The maximum Gasteiger partial charge on any atom is 0.216 e. The van der Waals surface area contributed by atoms with Gasteiger partial charge in [0.15, 0.2) is 0 Å². The number of nitrogens with zero attached hydrogens (tertiary/aromatic N) is 2. The Labute approximate surface area is 109 Å². The second-order valence-electron chi connectivity index (χ2n) is 4.58. The lowest BCUT2D eigenvalue weighted by atomic mass is 9.89. The standard InChI is InChI=1S/C13H21ClN2O/c1-5-6-17-12-7-11(15-8-16-12)13(9(2)3)10(4)14/h7-10,13H,5-6H2,1-4H3. The van der Waals surface area contributed by atoms with Crippen molar-refractivity contribution in [1.29, 1.82) is 0 Å². The molecule has 0 fully saturated rings. The minimum Gasteiger partial charge on any atom is -0.478 e. The van der Waals surface area contributed by atoms with Crippen LogP contribution in [0.3, 0.4) is 0 Å². The third-order valence-corrected chi connectivity index (χ3v) is 2.94. The topological polar surface area (TPSA) is 35.0 Å². The molecule has 1 aromatic heterocycles. The van der Waals surface area contributed by atoms with Crippen LogP contribution in [0.5, 0.6) is 5.88 Å². The lowest BCUT2D eigenvalue weighted by Gasteiger charge is -2.22. The van der Waals surface area contributed by atoms with Crippen molar-refractivity contribution in [3.8, 4) is 5.88 Å². The van der Waals surface area contributed by atoms with E-state index in [-0.39, 0.29) is 11.3 Å². The normalized spacial score (nSPS) is 14.7. The molecule has 0 radical (unpaired) electrons. The lowest BCUT2D eigenvalue weighted by molar-refractivity contribution is 0.303. The first kappa shape index (κ1) is 14.2. The summed E-state index contributed by atoms with van der Waals surface area (Å²) in [6.45, 7) is 9.05. The first-order valence-corrected chi connectivity index (χ1v) is 6.58. The highest BCUT2D eigenvalue weighted by molar-refractivity contribution is 6.20. The molecule has 0 bridgehead atoms. The van der Waals surface area contributed by atoms with Crippen LogP contribution in [0.15, 0.2) is 12.4 Å². The Morgan fingerprint density at radius 2 is 2.00 bits per heavy atom. The molecule has 2 unspecified atom stereocenters. The van der Waals surface area contributed by atoms with Gasteiger partial charge >= 0.3 is 0 Å². The summed E-state index contributed by atoms with van der Waals surface area (Å²) in [7, 11) is 0. The average Bonchev–Trinajstić information content (AvgIpc) is 2.26.